The third-order valence-corrected chi connectivity index (χ3v) is 4.88. The number of para-hydroxylation sites is 1. The van der Waals surface area contributed by atoms with Gasteiger partial charge in [-0.15, -0.1) is 11.6 Å². The fraction of sp³-hybridized carbons (Fsp3) is 0.438. The van der Waals surface area contributed by atoms with Crippen LogP contribution in [-0.4, -0.2) is 17.6 Å². The number of pyridine rings is 1. The van der Waals surface area contributed by atoms with E-state index in [9.17, 15) is 0 Å². The number of fused-ring (bicyclic) bond motifs is 3. The molecule has 0 amide bonds. The molecule has 2 unspecified atom stereocenters. The maximum Gasteiger partial charge on any atom is 0.0726 e. The second-order valence-corrected chi connectivity index (χ2v) is 6.04. The minimum absolute atomic E-state index is 0.486. The third kappa shape index (κ3) is 1.81. The molecule has 0 radical (unpaired) electrons. The van der Waals surface area contributed by atoms with E-state index in [1.165, 1.54) is 36.9 Å². The molecule has 98 valence electrons. The second-order valence-electron chi connectivity index (χ2n) is 5.77. The summed E-state index contributed by atoms with van der Waals surface area (Å²) in [5.41, 5.74) is 3.39. The van der Waals surface area contributed by atoms with Crippen molar-refractivity contribution in [3.8, 4) is 0 Å². The number of piperidine rings is 1. The van der Waals surface area contributed by atoms with E-state index in [2.05, 4.69) is 34.1 Å². The molecule has 4 rings (SSSR count). The summed E-state index contributed by atoms with van der Waals surface area (Å²) >= 11 is 6.00. The van der Waals surface area contributed by atoms with Gasteiger partial charge in [-0.3, -0.25) is 4.98 Å². The first kappa shape index (κ1) is 11.5. The molecule has 0 N–H and O–H groups in total. The molecular weight excluding hydrogens is 256 g/mol. The van der Waals surface area contributed by atoms with Gasteiger partial charge in [0.25, 0.3) is 0 Å². The molecule has 1 aliphatic heterocycles. The van der Waals surface area contributed by atoms with Gasteiger partial charge in [0.2, 0.25) is 0 Å². The van der Waals surface area contributed by atoms with Crippen molar-refractivity contribution in [2.24, 2.45) is 5.92 Å². The van der Waals surface area contributed by atoms with Crippen molar-refractivity contribution >= 4 is 28.2 Å². The number of anilines is 1. The molecule has 1 saturated heterocycles. The van der Waals surface area contributed by atoms with E-state index >= 15 is 0 Å². The van der Waals surface area contributed by atoms with Gasteiger partial charge in [-0.2, -0.15) is 0 Å². The number of aromatic nitrogens is 1. The lowest BCUT2D eigenvalue weighted by molar-refractivity contribution is 0.554. The van der Waals surface area contributed by atoms with Crippen LogP contribution in [0.25, 0.3) is 10.9 Å². The molecule has 3 heteroatoms. The summed E-state index contributed by atoms with van der Waals surface area (Å²) in [6, 6.07) is 11.3. The predicted molar refractivity (Wildman–Crippen MR) is 79.8 cm³/mol. The Morgan fingerprint density at radius 3 is 2.89 bits per heavy atom. The molecule has 1 aromatic carbocycles. The lowest BCUT2D eigenvalue weighted by Gasteiger charge is -2.30. The quantitative estimate of drug-likeness (QED) is 0.769. The highest BCUT2D eigenvalue weighted by atomic mass is 35.5. The maximum absolute atomic E-state index is 6.00. The van der Waals surface area contributed by atoms with Crippen LogP contribution >= 0.6 is 11.6 Å². The zero-order valence-electron chi connectivity index (χ0n) is 10.8. The highest BCUT2D eigenvalue weighted by Gasteiger charge is 2.38. The van der Waals surface area contributed by atoms with Gasteiger partial charge in [0.15, 0.2) is 0 Å². The van der Waals surface area contributed by atoms with Crippen LogP contribution in [-0.2, 0) is 5.88 Å². The van der Waals surface area contributed by atoms with Gasteiger partial charge in [-0.05, 0) is 37.3 Å². The van der Waals surface area contributed by atoms with E-state index in [-0.39, 0.29) is 0 Å². The van der Waals surface area contributed by atoms with Gasteiger partial charge >= 0.3 is 0 Å². The average Bonchev–Trinajstić information content (AvgIpc) is 3.08. The monoisotopic (exact) mass is 272 g/mol. The normalized spacial score (nSPS) is 25.4. The number of hydrogen-bond donors (Lipinski definition) is 0. The minimum Gasteiger partial charge on any atom is -0.368 e. The second kappa shape index (κ2) is 4.38. The Labute approximate surface area is 118 Å². The van der Waals surface area contributed by atoms with Crippen LogP contribution in [0.15, 0.2) is 30.3 Å². The van der Waals surface area contributed by atoms with Gasteiger partial charge in [0.1, 0.15) is 0 Å². The van der Waals surface area contributed by atoms with Crippen molar-refractivity contribution in [1.82, 2.24) is 4.98 Å². The number of benzene rings is 1. The SMILES string of the molecule is ClCc1cc(N2CC3CCC2C3)c2ccccc2n1. The Morgan fingerprint density at radius 1 is 1.26 bits per heavy atom. The van der Waals surface area contributed by atoms with E-state index in [1.807, 2.05) is 6.07 Å². The molecule has 2 aliphatic rings. The maximum atomic E-state index is 6.00. The number of halogens is 1. The summed E-state index contributed by atoms with van der Waals surface area (Å²) in [4.78, 5) is 7.22. The summed E-state index contributed by atoms with van der Waals surface area (Å²) in [5.74, 6) is 1.39. The molecule has 2 bridgehead atoms. The molecule has 19 heavy (non-hydrogen) atoms. The van der Waals surface area contributed by atoms with Crippen molar-refractivity contribution in [3.05, 3.63) is 36.0 Å². The fourth-order valence-corrected chi connectivity index (χ4v) is 3.87. The van der Waals surface area contributed by atoms with Gasteiger partial charge in [0, 0.05) is 23.7 Å². The summed E-state index contributed by atoms with van der Waals surface area (Å²) < 4.78 is 0. The molecular formula is C16H17ClN2. The van der Waals surface area contributed by atoms with Gasteiger partial charge in [-0.1, -0.05) is 18.2 Å². The largest absolute Gasteiger partial charge is 0.368 e. The first-order valence-corrected chi connectivity index (χ1v) is 7.60. The third-order valence-electron chi connectivity index (χ3n) is 4.60. The van der Waals surface area contributed by atoms with Crippen molar-refractivity contribution in [1.29, 1.82) is 0 Å². The standard InChI is InChI=1S/C16H17ClN2/c17-9-12-8-16(14-3-1-2-4-15(14)18-12)19-10-11-5-6-13(19)7-11/h1-4,8,11,13H,5-7,9-10H2. The van der Waals surface area contributed by atoms with E-state index in [1.54, 1.807) is 0 Å². The fourth-order valence-electron chi connectivity index (χ4n) is 3.74. The molecule has 1 saturated carbocycles. The molecule has 1 aromatic heterocycles. The first-order chi connectivity index (χ1) is 9.35. The zero-order chi connectivity index (χ0) is 12.8. The van der Waals surface area contributed by atoms with Crippen LogP contribution in [0.1, 0.15) is 25.0 Å². The smallest absolute Gasteiger partial charge is 0.0726 e. The van der Waals surface area contributed by atoms with Gasteiger partial charge in [0.05, 0.1) is 17.1 Å². The lowest BCUT2D eigenvalue weighted by Crippen LogP contribution is -2.32. The van der Waals surface area contributed by atoms with E-state index < -0.39 is 0 Å². The van der Waals surface area contributed by atoms with E-state index in [0.717, 1.165) is 23.2 Å². The van der Waals surface area contributed by atoms with Gasteiger partial charge in [-0.25, -0.2) is 0 Å². The highest BCUT2D eigenvalue weighted by molar-refractivity contribution is 6.17. The summed E-state index contributed by atoms with van der Waals surface area (Å²) in [6.07, 6.45) is 4.12. The number of rotatable bonds is 2. The van der Waals surface area contributed by atoms with Crippen LogP contribution in [0, 0.1) is 5.92 Å². The summed E-state index contributed by atoms with van der Waals surface area (Å²) in [6.45, 7) is 1.21. The van der Waals surface area contributed by atoms with E-state index in [4.69, 9.17) is 11.6 Å². The molecule has 2 nitrogen and oxygen atoms in total. The van der Waals surface area contributed by atoms with Crippen LogP contribution in [0.2, 0.25) is 0 Å². The molecule has 2 atom stereocenters. The Balaban J connectivity index is 1.88. The Hall–Kier alpha value is -1.28. The number of alkyl halides is 1. The Bertz CT molecular complexity index is 625. The van der Waals surface area contributed by atoms with E-state index in [0.29, 0.717) is 5.88 Å². The summed E-state index contributed by atoms with van der Waals surface area (Å²) in [7, 11) is 0. The lowest BCUT2D eigenvalue weighted by atomic mass is 10.1. The molecule has 2 heterocycles. The topological polar surface area (TPSA) is 16.1 Å². The molecule has 0 spiro atoms. The Kier molecular flexibility index (Phi) is 2.66. The Morgan fingerprint density at radius 2 is 2.16 bits per heavy atom. The highest BCUT2D eigenvalue weighted by Crippen LogP contribution is 2.42. The van der Waals surface area contributed by atoms with Crippen LogP contribution in [0.4, 0.5) is 5.69 Å². The zero-order valence-corrected chi connectivity index (χ0v) is 11.6. The predicted octanol–water partition coefficient (Wildman–Crippen LogP) is 3.96. The van der Waals surface area contributed by atoms with Crippen LogP contribution in [0.3, 0.4) is 0 Å². The molecule has 2 fully saturated rings. The van der Waals surface area contributed by atoms with Crippen molar-refractivity contribution in [2.45, 2.75) is 31.2 Å². The van der Waals surface area contributed by atoms with Crippen LogP contribution < -0.4 is 4.90 Å². The van der Waals surface area contributed by atoms with Crippen molar-refractivity contribution in [3.63, 3.8) is 0 Å². The molecule has 1 aliphatic carbocycles. The number of hydrogen-bond acceptors (Lipinski definition) is 2. The first-order valence-electron chi connectivity index (χ1n) is 7.06. The van der Waals surface area contributed by atoms with Crippen molar-refractivity contribution < 1.29 is 0 Å². The van der Waals surface area contributed by atoms with Crippen molar-refractivity contribution in [2.75, 3.05) is 11.4 Å². The molecule has 2 aromatic rings. The summed E-state index contributed by atoms with van der Waals surface area (Å²) in [5, 5.41) is 1.27. The number of nitrogens with zero attached hydrogens (tertiary/aromatic N) is 2. The average molecular weight is 273 g/mol. The minimum atomic E-state index is 0.486. The van der Waals surface area contributed by atoms with Crippen LogP contribution in [0.5, 0.6) is 0 Å². The van der Waals surface area contributed by atoms with Gasteiger partial charge < -0.3 is 4.90 Å².